The summed E-state index contributed by atoms with van der Waals surface area (Å²) in [5, 5.41) is 10.1. The topological polar surface area (TPSA) is 29.5 Å². The van der Waals surface area contributed by atoms with Crippen LogP contribution in [0, 0.1) is 6.92 Å². The second-order valence-electron chi connectivity index (χ2n) is 2.97. The molecule has 0 saturated carbocycles. The van der Waals surface area contributed by atoms with Crippen molar-refractivity contribution in [3.05, 3.63) is 28.3 Å². The lowest BCUT2D eigenvalue weighted by Gasteiger charge is -2.02. The molecule has 2 rings (SSSR count). The maximum atomic E-state index is 9.43. The van der Waals surface area contributed by atoms with Crippen molar-refractivity contribution in [3.8, 4) is 5.75 Å². The number of halogens is 1. The van der Waals surface area contributed by atoms with Crippen LogP contribution in [0.1, 0.15) is 17.2 Å². The molecule has 0 bridgehead atoms. The SMILES string of the molecule is Cc1cc2c(cc1Cl)OCC2O. The largest absolute Gasteiger partial charge is 0.490 e. The highest BCUT2D eigenvalue weighted by Gasteiger charge is 2.22. The monoisotopic (exact) mass is 184 g/mol. The first-order valence-corrected chi connectivity index (χ1v) is 4.17. The molecule has 1 aliphatic rings. The van der Waals surface area contributed by atoms with Gasteiger partial charge in [0.05, 0.1) is 0 Å². The Kier molecular flexibility index (Phi) is 1.74. The molecule has 3 heteroatoms. The minimum atomic E-state index is -0.490. The van der Waals surface area contributed by atoms with Gasteiger partial charge in [0, 0.05) is 10.6 Å². The average molecular weight is 185 g/mol. The van der Waals surface area contributed by atoms with Crippen LogP contribution in [0.15, 0.2) is 12.1 Å². The summed E-state index contributed by atoms with van der Waals surface area (Å²) >= 11 is 5.88. The molecule has 0 saturated heterocycles. The van der Waals surface area contributed by atoms with E-state index in [1.807, 2.05) is 13.0 Å². The van der Waals surface area contributed by atoms with Gasteiger partial charge in [0.2, 0.25) is 0 Å². The van der Waals surface area contributed by atoms with E-state index in [2.05, 4.69) is 0 Å². The highest BCUT2D eigenvalue weighted by molar-refractivity contribution is 6.31. The van der Waals surface area contributed by atoms with E-state index in [4.69, 9.17) is 16.3 Å². The number of aliphatic hydroxyl groups excluding tert-OH is 1. The number of hydrogen-bond acceptors (Lipinski definition) is 2. The smallest absolute Gasteiger partial charge is 0.126 e. The predicted octanol–water partition coefficient (Wildman–Crippen LogP) is 2.07. The summed E-state index contributed by atoms with van der Waals surface area (Å²) in [4.78, 5) is 0. The van der Waals surface area contributed by atoms with Crippen molar-refractivity contribution in [2.45, 2.75) is 13.0 Å². The number of benzene rings is 1. The Bertz CT molecular complexity index is 323. The summed E-state index contributed by atoms with van der Waals surface area (Å²) in [6.45, 7) is 2.25. The highest BCUT2D eigenvalue weighted by atomic mass is 35.5. The van der Waals surface area contributed by atoms with Gasteiger partial charge in [-0.25, -0.2) is 0 Å². The lowest BCUT2D eigenvalue weighted by atomic mass is 10.1. The zero-order valence-corrected chi connectivity index (χ0v) is 7.43. The molecule has 0 radical (unpaired) electrons. The van der Waals surface area contributed by atoms with Gasteiger partial charge in [-0.2, -0.15) is 0 Å². The van der Waals surface area contributed by atoms with Crippen LogP contribution in [0.5, 0.6) is 5.75 Å². The summed E-state index contributed by atoms with van der Waals surface area (Å²) in [5.74, 6) is 0.707. The highest BCUT2D eigenvalue weighted by Crippen LogP contribution is 2.35. The Morgan fingerprint density at radius 1 is 1.58 bits per heavy atom. The first-order chi connectivity index (χ1) is 5.68. The average Bonchev–Trinajstić information content (AvgIpc) is 2.35. The summed E-state index contributed by atoms with van der Waals surface area (Å²) in [7, 11) is 0. The summed E-state index contributed by atoms with van der Waals surface area (Å²) < 4.78 is 5.21. The minimum Gasteiger partial charge on any atom is -0.490 e. The number of aliphatic hydroxyl groups is 1. The van der Waals surface area contributed by atoms with Gasteiger partial charge in [0.25, 0.3) is 0 Å². The third kappa shape index (κ3) is 1.08. The number of hydrogen-bond donors (Lipinski definition) is 1. The van der Waals surface area contributed by atoms with Gasteiger partial charge in [0.1, 0.15) is 18.5 Å². The quantitative estimate of drug-likeness (QED) is 0.669. The maximum Gasteiger partial charge on any atom is 0.126 e. The van der Waals surface area contributed by atoms with Crippen LogP contribution in [-0.2, 0) is 0 Å². The van der Waals surface area contributed by atoms with Crippen LogP contribution in [0.25, 0.3) is 0 Å². The summed E-state index contributed by atoms with van der Waals surface area (Å²) in [6.07, 6.45) is -0.490. The first-order valence-electron chi connectivity index (χ1n) is 3.79. The van der Waals surface area contributed by atoms with E-state index < -0.39 is 6.10 Å². The van der Waals surface area contributed by atoms with E-state index >= 15 is 0 Å². The lowest BCUT2D eigenvalue weighted by Crippen LogP contribution is -1.97. The maximum absolute atomic E-state index is 9.43. The molecule has 0 aliphatic carbocycles. The molecule has 64 valence electrons. The molecule has 0 fully saturated rings. The zero-order valence-electron chi connectivity index (χ0n) is 6.67. The number of rotatable bonds is 0. The van der Waals surface area contributed by atoms with Crippen LogP contribution in [0.3, 0.4) is 0 Å². The van der Waals surface area contributed by atoms with E-state index in [0.29, 0.717) is 17.4 Å². The van der Waals surface area contributed by atoms with Gasteiger partial charge in [-0.1, -0.05) is 11.6 Å². The molecule has 1 unspecified atom stereocenters. The van der Waals surface area contributed by atoms with Gasteiger partial charge in [0.15, 0.2) is 0 Å². The Morgan fingerprint density at radius 2 is 2.33 bits per heavy atom. The molecule has 0 aromatic heterocycles. The van der Waals surface area contributed by atoms with Crippen LogP contribution in [0.4, 0.5) is 0 Å². The molecule has 1 aliphatic heterocycles. The number of fused-ring (bicyclic) bond motifs is 1. The van der Waals surface area contributed by atoms with Crippen molar-refractivity contribution in [2.75, 3.05) is 6.61 Å². The second kappa shape index (κ2) is 2.64. The van der Waals surface area contributed by atoms with Crippen LogP contribution in [-0.4, -0.2) is 11.7 Å². The van der Waals surface area contributed by atoms with E-state index in [1.54, 1.807) is 6.07 Å². The molecule has 1 N–H and O–H groups in total. The first kappa shape index (κ1) is 7.90. The van der Waals surface area contributed by atoms with Crippen LogP contribution in [0.2, 0.25) is 5.02 Å². The molecule has 1 atom stereocenters. The molecule has 1 heterocycles. The Labute approximate surface area is 75.7 Å². The standard InChI is InChI=1S/C9H9ClO2/c1-5-2-6-8(11)4-12-9(6)3-7(5)10/h2-3,8,11H,4H2,1H3. The van der Waals surface area contributed by atoms with E-state index in [0.717, 1.165) is 11.1 Å². The number of ether oxygens (including phenoxy) is 1. The lowest BCUT2D eigenvalue weighted by molar-refractivity contribution is 0.140. The molecular weight excluding hydrogens is 176 g/mol. The van der Waals surface area contributed by atoms with Crippen molar-refractivity contribution in [2.24, 2.45) is 0 Å². The molecule has 0 spiro atoms. The summed E-state index contributed by atoms with van der Waals surface area (Å²) in [5.41, 5.74) is 1.82. The zero-order chi connectivity index (χ0) is 8.72. The molecule has 1 aromatic rings. The van der Waals surface area contributed by atoms with Crippen LogP contribution >= 0.6 is 11.6 Å². The fourth-order valence-electron chi connectivity index (χ4n) is 1.33. The molecule has 2 nitrogen and oxygen atoms in total. The van der Waals surface area contributed by atoms with Crippen LogP contribution < -0.4 is 4.74 Å². The van der Waals surface area contributed by atoms with Crippen molar-refractivity contribution in [1.29, 1.82) is 0 Å². The minimum absolute atomic E-state index is 0.342. The second-order valence-corrected chi connectivity index (χ2v) is 3.37. The molecule has 1 aromatic carbocycles. The van der Waals surface area contributed by atoms with Gasteiger partial charge in [-0.05, 0) is 24.6 Å². The molecule has 0 amide bonds. The van der Waals surface area contributed by atoms with E-state index in [9.17, 15) is 5.11 Å². The fourth-order valence-corrected chi connectivity index (χ4v) is 1.48. The Morgan fingerprint density at radius 3 is 3.08 bits per heavy atom. The Hall–Kier alpha value is -0.730. The van der Waals surface area contributed by atoms with Gasteiger partial charge in [-0.3, -0.25) is 0 Å². The van der Waals surface area contributed by atoms with Crippen molar-refractivity contribution >= 4 is 11.6 Å². The van der Waals surface area contributed by atoms with Crippen molar-refractivity contribution in [1.82, 2.24) is 0 Å². The fraction of sp³-hybridized carbons (Fsp3) is 0.333. The third-order valence-electron chi connectivity index (χ3n) is 2.05. The van der Waals surface area contributed by atoms with Gasteiger partial charge < -0.3 is 9.84 Å². The van der Waals surface area contributed by atoms with E-state index in [1.165, 1.54) is 0 Å². The predicted molar refractivity (Wildman–Crippen MR) is 46.6 cm³/mol. The van der Waals surface area contributed by atoms with E-state index in [-0.39, 0.29) is 0 Å². The summed E-state index contributed by atoms with van der Waals surface area (Å²) in [6, 6.07) is 3.62. The van der Waals surface area contributed by atoms with Gasteiger partial charge in [-0.15, -0.1) is 0 Å². The molecular formula is C9H9ClO2. The normalized spacial score (nSPS) is 20.4. The van der Waals surface area contributed by atoms with Crippen molar-refractivity contribution in [3.63, 3.8) is 0 Å². The molecule has 12 heavy (non-hydrogen) atoms. The Balaban J connectivity index is 2.56. The number of aryl methyl sites for hydroxylation is 1. The van der Waals surface area contributed by atoms with Gasteiger partial charge >= 0.3 is 0 Å². The third-order valence-corrected chi connectivity index (χ3v) is 2.45. The van der Waals surface area contributed by atoms with Crippen molar-refractivity contribution < 1.29 is 9.84 Å².